The number of halogens is 1. The molecule has 102 valence electrons. The van der Waals surface area contributed by atoms with Gasteiger partial charge in [0.05, 0.1) is 5.56 Å². The Kier molecular flexibility index (Phi) is 4.99. The van der Waals surface area contributed by atoms with Crippen molar-refractivity contribution in [2.24, 2.45) is 5.73 Å². The van der Waals surface area contributed by atoms with Crippen LogP contribution in [0.25, 0.3) is 0 Å². The summed E-state index contributed by atoms with van der Waals surface area (Å²) in [5.41, 5.74) is 4.81. The zero-order valence-electron chi connectivity index (χ0n) is 9.93. The van der Waals surface area contributed by atoms with Crippen LogP contribution in [0.5, 0.6) is 0 Å². The minimum Gasteiger partial charge on any atom is -0.481 e. The summed E-state index contributed by atoms with van der Waals surface area (Å²) in [5.74, 6) is -3.54. The highest BCUT2D eigenvalue weighted by Crippen LogP contribution is 2.07. The van der Waals surface area contributed by atoms with E-state index < -0.39 is 29.6 Å². The molecule has 2 amide bonds. The maximum atomic E-state index is 13.3. The van der Waals surface area contributed by atoms with Gasteiger partial charge in [0.25, 0.3) is 5.91 Å². The number of nitrogens with one attached hydrogen (secondary N) is 1. The largest absolute Gasteiger partial charge is 0.481 e. The Labute approximate surface area is 108 Å². The lowest BCUT2D eigenvalue weighted by Crippen LogP contribution is -2.44. The molecular formula is C12H13FN2O4. The Morgan fingerprint density at radius 1 is 1.32 bits per heavy atom. The van der Waals surface area contributed by atoms with E-state index >= 15 is 0 Å². The molecule has 1 aromatic rings. The van der Waals surface area contributed by atoms with Crippen molar-refractivity contribution in [3.63, 3.8) is 0 Å². The molecule has 1 atom stereocenters. The van der Waals surface area contributed by atoms with Crippen molar-refractivity contribution in [1.82, 2.24) is 5.32 Å². The summed E-state index contributed by atoms with van der Waals surface area (Å²) in [5, 5.41) is 10.7. The van der Waals surface area contributed by atoms with Crippen molar-refractivity contribution < 1.29 is 23.9 Å². The number of carboxylic acid groups (broad SMARTS) is 1. The first kappa shape index (κ1) is 14.6. The highest BCUT2D eigenvalue weighted by atomic mass is 19.1. The van der Waals surface area contributed by atoms with Gasteiger partial charge in [-0.3, -0.25) is 14.4 Å². The summed E-state index contributed by atoms with van der Waals surface area (Å²) in [6.07, 6.45) is -0.476. The zero-order chi connectivity index (χ0) is 14.4. The van der Waals surface area contributed by atoms with Crippen molar-refractivity contribution in [2.75, 3.05) is 0 Å². The lowest BCUT2D eigenvalue weighted by Gasteiger charge is -2.14. The van der Waals surface area contributed by atoms with Crippen LogP contribution in [0, 0.1) is 5.82 Å². The number of carbonyl (C=O) groups excluding carboxylic acids is 2. The Hall–Kier alpha value is -2.44. The second-order valence-corrected chi connectivity index (χ2v) is 3.84. The quantitative estimate of drug-likeness (QED) is 0.688. The number of carbonyl (C=O) groups is 3. The van der Waals surface area contributed by atoms with Crippen molar-refractivity contribution in [1.29, 1.82) is 0 Å². The molecule has 0 aliphatic heterocycles. The van der Waals surface area contributed by atoms with Crippen molar-refractivity contribution in [2.45, 2.75) is 18.9 Å². The fourth-order valence-corrected chi connectivity index (χ4v) is 1.43. The standard InChI is InChI=1S/C12H13FN2O4/c13-8-4-2-1-3-7(8)12(19)15-9(11(14)18)5-6-10(16)17/h1-4,9H,5-6H2,(H2,14,18)(H,15,19)(H,16,17)/t9-/m0/s1. The van der Waals surface area contributed by atoms with Gasteiger partial charge in [-0.1, -0.05) is 12.1 Å². The summed E-state index contributed by atoms with van der Waals surface area (Å²) in [6.45, 7) is 0. The molecule has 0 aliphatic rings. The molecule has 0 spiro atoms. The van der Waals surface area contributed by atoms with Crippen molar-refractivity contribution in [3.05, 3.63) is 35.6 Å². The minimum absolute atomic E-state index is 0.148. The van der Waals surface area contributed by atoms with Gasteiger partial charge < -0.3 is 16.2 Å². The number of hydrogen-bond donors (Lipinski definition) is 3. The Morgan fingerprint density at radius 2 is 1.95 bits per heavy atom. The highest BCUT2D eigenvalue weighted by Gasteiger charge is 2.21. The van der Waals surface area contributed by atoms with Crippen LogP contribution in [0.3, 0.4) is 0 Å². The van der Waals surface area contributed by atoms with E-state index in [4.69, 9.17) is 10.8 Å². The average Bonchev–Trinajstić information content (AvgIpc) is 2.34. The maximum absolute atomic E-state index is 13.3. The number of carboxylic acids is 1. The SMILES string of the molecule is NC(=O)[C@H](CCC(=O)O)NC(=O)c1ccccc1F. The number of nitrogens with two attached hydrogens (primary N) is 1. The third-order valence-electron chi connectivity index (χ3n) is 2.41. The second kappa shape index (κ2) is 6.48. The summed E-state index contributed by atoms with van der Waals surface area (Å²) >= 11 is 0. The van der Waals surface area contributed by atoms with Gasteiger partial charge in [0.15, 0.2) is 0 Å². The summed E-state index contributed by atoms with van der Waals surface area (Å²) < 4.78 is 13.3. The molecule has 0 unspecified atom stereocenters. The van der Waals surface area contributed by atoms with Crippen LogP contribution in [0.1, 0.15) is 23.2 Å². The lowest BCUT2D eigenvalue weighted by atomic mass is 10.1. The first-order valence-corrected chi connectivity index (χ1v) is 5.48. The van der Waals surface area contributed by atoms with E-state index in [9.17, 15) is 18.8 Å². The molecule has 0 radical (unpaired) electrons. The molecule has 0 aromatic heterocycles. The van der Waals surface area contributed by atoms with Crippen LogP contribution in [0.2, 0.25) is 0 Å². The molecule has 1 aromatic carbocycles. The van der Waals surface area contributed by atoms with Gasteiger partial charge in [-0.25, -0.2) is 4.39 Å². The molecule has 0 heterocycles. The van der Waals surface area contributed by atoms with E-state index in [0.717, 1.165) is 6.07 Å². The molecule has 7 heteroatoms. The summed E-state index contributed by atoms with van der Waals surface area (Å²) in [7, 11) is 0. The summed E-state index contributed by atoms with van der Waals surface area (Å²) in [4.78, 5) is 33.2. The predicted octanol–water partition coefficient (Wildman–Crippen LogP) is 0.274. The molecule has 0 bridgehead atoms. The number of rotatable bonds is 6. The van der Waals surface area contributed by atoms with Gasteiger partial charge in [0.1, 0.15) is 11.9 Å². The number of benzene rings is 1. The van der Waals surface area contributed by atoms with Crippen LogP contribution in [-0.4, -0.2) is 28.9 Å². The normalized spacial score (nSPS) is 11.6. The molecule has 0 saturated heterocycles. The third kappa shape index (κ3) is 4.38. The van der Waals surface area contributed by atoms with E-state index in [0.29, 0.717) is 0 Å². The van der Waals surface area contributed by atoms with Gasteiger partial charge in [-0.15, -0.1) is 0 Å². The van der Waals surface area contributed by atoms with Crippen LogP contribution in [0.15, 0.2) is 24.3 Å². The number of aliphatic carboxylic acids is 1. The lowest BCUT2D eigenvalue weighted by molar-refractivity contribution is -0.137. The monoisotopic (exact) mass is 268 g/mol. The first-order chi connectivity index (χ1) is 8.91. The van der Waals surface area contributed by atoms with Crippen molar-refractivity contribution in [3.8, 4) is 0 Å². The average molecular weight is 268 g/mol. The Balaban J connectivity index is 2.74. The zero-order valence-corrected chi connectivity index (χ0v) is 9.93. The van der Waals surface area contributed by atoms with Crippen LogP contribution in [0.4, 0.5) is 4.39 Å². The number of amides is 2. The fourth-order valence-electron chi connectivity index (χ4n) is 1.43. The van der Waals surface area contributed by atoms with Gasteiger partial charge in [-0.2, -0.15) is 0 Å². The Morgan fingerprint density at radius 3 is 2.47 bits per heavy atom. The van der Waals surface area contributed by atoms with Gasteiger partial charge in [0.2, 0.25) is 5.91 Å². The first-order valence-electron chi connectivity index (χ1n) is 5.48. The topological polar surface area (TPSA) is 109 Å². The molecule has 1 rings (SSSR count). The molecule has 0 fully saturated rings. The van der Waals surface area contributed by atoms with Crippen LogP contribution in [-0.2, 0) is 9.59 Å². The second-order valence-electron chi connectivity index (χ2n) is 3.84. The van der Waals surface area contributed by atoms with Crippen molar-refractivity contribution >= 4 is 17.8 Å². The number of primary amides is 1. The fraction of sp³-hybridized carbons (Fsp3) is 0.250. The van der Waals surface area contributed by atoms with E-state index in [1.807, 2.05) is 0 Å². The predicted molar refractivity (Wildman–Crippen MR) is 63.7 cm³/mol. The van der Waals surface area contributed by atoms with Crippen LogP contribution < -0.4 is 11.1 Å². The molecular weight excluding hydrogens is 255 g/mol. The molecule has 4 N–H and O–H groups in total. The van der Waals surface area contributed by atoms with E-state index in [2.05, 4.69) is 5.32 Å². The van der Waals surface area contributed by atoms with Crippen LogP contribution >= 0.6 is 0 Å². The third-order valence-corrected chi connectivity index (χ3v) is 2.41. The highest BCUT2D eigenvalue weighted by molar-refractivity contribution is 5.97. The number of hydrogen-bond acceptors (Lipinski definition) is 3. The van der Waals surface area contributed by atoms with E-state index in [-0.39, 0.29) is 18.4 Å². The Bertz CT molecular complexity index is 504. The molecule has 0 saturated carbocycles. The van der Waals surface area contributed by atoms with Gasteiger partial charge in [-0.05, 0) is 18.6 Å². The minimum atomic E-state index is -1.15. The van der Waals surface area contributed by atoms with Gasteiger partial charge >= 0.3 is 5.97 Å². The molecule has 19 heavy (non-hydrogen) atoms. The smallest absolute Gasteiger partial charge is 0.303 e. The van der Waals surface area contributed by atoms with E-state index in [1.165, 1.54) is 18.2 Å². The molecule has 6 nitrogen and oxygen atoms in total. The van der Waals surface area contributed by atoms with Gasteiger partial charge in [0, 0.05) is 6.42 Å². The molecule has 0 aliphatic carbocycles. The maximum Gasteiger partial charge on any atom is 0.303 e. The van der Waals surface area contributed by atoms with E-state index in [1.54, 1.807) is 0 Å². The summed E-state index contributed by atoms with van der Waals surface area (Å²) in [6, 6.07) is 4.09.